The van der Waals surface area contributed by atoms with Crippen LogP contribution < -0.4 is 10.1 Å². The Morgan fingerprint density at radius 2 is 1.84 bits per heavy atom. The molecular weight excluding hydrogens is 433 g/mol. The quantitative estimate of drug-likeness (QED) is 0.552. The van der Waals surface area contributed by atoms with Crippen LogP contribution in [0.3, 0.4) is 0 Å². The van der Waals surface area contributed by atoms with Gasteiger partial charge in [0, 0.05) is 36.9 Å². The summed E-state index contributed by atoms with van der Waals surface area (Å²) in [6.45, 7) is 1.64. The van der Waals surface area contributed by atoms with E-state index in [-0.39, 0.29) is 36.3 Å². The van der Waals surface area contributed by atoms with E-state index >= 15 is 0 Å². The number of anilines is 1. The van der Waals surface area contributed by atoms with Gasteiger partial charge in [-0.15, -0.1) is 13.2 Å². The number of aryl methyl sites for hydroxylation is 1. The fraction of sp³-hybridized carbons (Fsp3) is 0.545. The first-order valence-electron chi connectivity index (χ1n) is 10.6. The van der Waals surface area contributed by atoms with Gasteiger partial charge in [-0.2, -0.15) is 5.10 Å². The maximum atomic E-state index is 13.2. The number of halogens is 5. The van der Waals surface area contributed by atoms with Crippen LogP contribution in [0.5, 0.6) is 5.75 Å². The van der Waals surface area contributed by atoms with E-state index in [1.165, 1.54) is 24.3 Å². The summed E-state index contributed by atoms with van der Waals surface area (Å²) in [5, 5.41) is 7.27. The topological polar surface area (TPSA) is 56.2 Å². The average molecular weight is 457 g/mol. The molecule has 4 rings (SSSR count). The predicted molar refractivity (Wildman–Crippen MR) is 107 cm³/mol. The molecular formula is C22H24F5N3O2. The first-order chi connectivity index (χ1) is 14.9. The van der Waals surface area contributed by atoms with E-state index in [1.54, 1.807) is 18.7 Å². The molecule has 0 aliphatic heterocycles. The maximum absolute atomic E-state index is 13.2. The largest absolute Gasteiger partial charge is 0.573 e. The normalized spacial score (nSPS) is 19.7. The number of ether oxygens (including phenoxy) is 1. The van der Waals surface area contributed by atoms with E-state index in [9.17, 15) is 26.7 Å². The van der Waals surface area contributed by atoms with Crippen LogP contribution in [0.25, 0.3) is 11.3 Å². The maximum Gasteiger partial charge on any atom is 0.573 e. The van der Waals surface area contributed by atoms with Gasteiger partial charge in [0.05, 0.1) is 5.69 Å². The molecule has 0 unspecified atom stereocenters. The summed E-state index contributed by atoms with van der Waals surface area (Å²) in [5.74, 6) is -3.79. The van der Waals surface area contributed by atoms with E-state index < -0.39 is 18.2 Å². The van der Waals surface area contributed by atoms with Crippen LogP contribution in [-0.4, -0.2) is 28.0 Å². The summed E-state index contributed by atoms with van der Waals surface area (Å²) in [6, 6.07) is 5.50. The second kappa shape index (κ2) is 8.04. The molecule has 0 saturated heterocycles. The lowest BCUT2D eigenvalue weighted by atomic mass is 9.73. The van der Waals surface area contributed by atoms with Crippen LogP contribution in [-0.2, 0) is 11.8 Å². The van der Waals surface area contributed by atoms with E-state index in [1.807, 2.05) is 0 Å². The zero-order valence-electron chi connectivity index (χ0n) is 17.7. The Bertz CT molecular complexity index is 988. The molecule has 174 valence electrons. The third kappa shape index (κ3) is 4.59. The molecule has 32 heavy (non-hydrogen) atoms. The number of amides is 1. The summed E-state index contributed by atoms with van der Waals surface area (Å²) in [7, 11) is 1.70. The molecule has 2 saturated carbocycles. The van der Waals surface area contributed by atoms with Crippen molar-refractivity contribution >= 4 is 11.7 Å². The zero-order valence-corrected chi connectivity index (χ0v) is 17.7. The lowest BCUT2D eigenvalue weighted by Crippen LogP contribution is -2.42. The Kier molecular flexibility index (Phi) is 5.67. The number of rotatable bonds is 6. The molecule has 0 bridgehead atoms. The molecule has 1 aromatic carbocycles. The molecule has 2 aliphatic carbocycles. The van der Waals surface area contributed by atoms with Crippen LogP contribution in [0, 0.1) is 11.8 Å². The number of carbonyl (C=O) groups is 1. The van der Waals surface area contributed by atoms with Gasteiger partial charge in [0.1, 0.15) is 5.75 Å². The Hall–Kier alpha value is -2.65. The summed E-state index contributed by atoms with van der Waals surface area (Å²) in [6.07, 6.45) is -2.53. The van der Waals surface area contributed by atoms with Gasteiger partial charge in [0.25, 0.3) is 0 Å². The number of hydrogen-bond acceptors (Lipinski definition) is 3. The third-order valence-electron chi connectivity index (χ3n) is 6.44. The number of aromatic nitrogens is 2. The summed E-state index contributed by atoms with van der Waals surface area (Å²) in [5.41, 5.74) is 2.16. The smallest absolute Gasteiger partial charge is 0.406 e. The second-order valence-electron chi connectivity index (χ2n) is 8.74. The van der Waals surface area contributed by atoms with Crippen LogP contribution in [0.4, 0.5) is 27.8 Å². The van der Waals surface area contributed by atoms with Crippen molar-refractivity contribution in [3.63, 3.8) is 0 Å². The van der Waals surface area contributed by atoms with Gasteiger partial charge in [-0.05, 0) is 48.9 Å². The minimum absolute atomic E-state index is 0.156. The van der Waals surface area contributed by atoms with Crippen LogP contribution in [0.1, 0.15) is 50.5 Å². The van der Waals surface area contributed by atoms with E-state index in [4.69, 9.17) is 0 Å². The molecule has 10 heteroatoms. The van der Waals surface area contributed by atoms with Gasteiger partial charge in [-0.1, -0.05) is 13.3 Å². The summed E-state index contributed by atoms with van der Waals surface area (Å²) < 4.78 is 69.3. The highest BCUT2D eigenvalue weighted by Crippen LogP contribution is 2.47. The van der Waals surface area contributed by atoms with Crippen molar-refractivity contribution in [2.45, 2.75) is 57.2 Å². The number of alkyl halides is 5. The second-order valence-corrected chi connectivity index (χ2v) is 8.74. The van der Waals surface area contributed by atoms with Crippen molar-refractivity contribution < 1.29 is 31.5 Å². The van der Waals surface area contributed by atoms with Crippen molar-refractivity contribution in [1.82, 2.24) is 9.78 Å². The molecule has 0 spiro atoms. The Balaban J connectivity index is 1.58. The fourth-order valence-corrected chi connectivity index (χ4v) is 4.38. The van der Waals surface area contributed by atoms with Crippen molar-refractivity contribution in [1.29, 1.82) is 0 Å². The van der Waals surface area contributed by atoms with Gasteiger partial charge in [-0.25, -0.2) is 8.78 Å². The first-order valence-corrected chi connectivity index (χ1v) is 10.6. The van der Waals surface area contributed by atoms with E-state index in [2.05, 4.69) is 15.2 Å². The molecule has 0 radical (unpaired) electrons. The number of nitrogens with one attached hydrogen (secondary N) is 1. The summed E-state index contributed by atoms with van der Waals surface area (Å²) in [4.78, 5) is 12.7. The monoisotopic (exact) mass is 457 g/mol. The molecule has 2 fully saturated rings. The highest BCUT2D eigenvalue weighted by molar-refractivity contribution is 5.93. The molecule has 5 nitrogen and oxygen atoms in total. The van der Waals surface area contributed by atoms with Crippen molar-refractivity contribution in [3.05, 3.63) is 29.8 Å². The van der Waals surface area contributed by atoms with Gasteiger partial charge >= 0.3 is 6.36 Å². The Morgan fingerprint density at radius 3 is 2.34 bits per heavy atom. The van der Waals surface area contributed by atoms with Gasteiger partial charge in [-0.3, -0.25) is 9.48 Å². The molecule has 2 aromatic rings. The molecule has 1 atom stereocenters. The highest BCUT2D eigenvalue weighted by Gasteiger charge is 2.49. The van der Waals surface area contributed by atoms with Gasteiger partial charge < -0.3 is 10.1 Å². The number of hydrogen-bond donors (Lipinski definition) is 1. The minimum Gasteiger partial charge on any atom is -0.406 e. The Labute approximate surface area is 181 Å². The van der Waals surface area contributed by atoms with Crippen LogP contribution >= 0.6 is 0 Å². The predicted octanol–water partition coefficient (Wildman–Crippen LogP) is 5.87. The van der Waals surface area contributed by atoms with Crippen molar-refractivity contribution in [2.75, 3.05) is 5.32 Å². The number of nitrogens with zero attached hydrogens (tertiary/aromatic N) is 2. The Morgan fingerprint density at radius 1 is 1.22 bits per heavy atom. The fourth-order valence-electron chi connectivity index (χ4n) is 4.38. The molecule has 2 aliphatic rings. The lowest BCUT2D eigenvalue weighted by Gasteiger charge is -2.38. The zero-order chi connectivity index (χ0) is 23.3. The molecule has 1 N–H and O–H groups in total. The first kappa shape index (κ1) is 22.5. The standard InChI is InChI=1S/C22H24F5N3O2/c1-12(15-10-21(23,24)11-15)20(31)28-19-17(13-4-3-5-13)18(30(2)29-19)14-6-8-16(9-7-14)32-22(25,26)27/h6-9,12-13,15H,3-5,10-11H2,1-2H3,(H,28,29,31)/t12-/m0/s1. The molecule has 1 heterocycles. The average Bonchev–Trinajstić information content (AvgIpc) is 2.92. The lowest BCUT2D eigenvalue weighted by molar-refractivity contribution is -0.274. The highest BCUT2D eigenvalue weighted by atomic mass is 19.4. The van der Waals surface area contributed by atoms with E-state index in [0.717, 1.165) is 24.8 Å². The minimum atomic E-state index is -4.77. The van der Waals surface area contributed by atoms with E-state index in [0.29, 0.717) is 17.1 Å². The molecule has 1 amide bonds. The van der Waals surface area contributed by atoms with Crippen LogP contribution in [0.15, 0.2) is 24.3 Å². The number of carbonyl (C=O) groups excluding carboxylic acids is 1. The van der Waals surface area contributed by atoms with Gasteiger partial charge in [0.15, 0.2) is 5.82 Å². The SMILES string of the molecule is C[C@H](C(=O)Nc1nn(C)c(-c2ccc(OC(F)(F)F)cc2)c1C1CCC1)C1CC(F)(F)C1. The van der Waals surface area contributed by atoms with Crippen molar-refractivity contribution in [2.24, 2.45) is 18.9 Å². The summed E-state index contributed by atoms with van der Waals surface area (Å²) >= 11 is 0. The van der Waals surface area contributed by atoms with Crippen molar-refractivity contribution in [3.8, 4) is 17.0 Å². The number of benzene rings is 1. The third-order valence-corrected chi connectivity index (χ3v) is 6.44. The van der Waals surface area contributed by atoms with Crippen LogP contribution in [0.2, 0.25) is 0 Å². The van der Waals surface area contributed by atoms with Gasteiger partial charge in [0.2, 0.25) is 11.8 Å². The molecule has 1 aromatic heterocycles.